The molecule has 0 aromatic rings. The van der Waals surface area contributed by atoms with Gasteiger partial charge in [0.2, 0.25) is 0 Å². The standard InChI is InChI=1S/C17H31F3N4O2.HI/c1-14(17(18,19)20)23-10-12-24(13-11-23)16(21-2)22-9-7-5-4-6-8-15(25)26-3;/h14H,4-13H2,1-3H3,(H,21,22);1H. The number of piperazine rings is 1. The highest BCUT2D eigenvalue weighted by atomic mass is 127. The van der Waals surface area contributed by atoms with E-state index in [4.69, 9.17) is 0 Å². The van der Waals surface area contributed by atoms with Gasteiger partial charge in [0.05, 0.1) is 7.11 Å². The van der Waals surface area contributed by atoms with Crippen LogP contribution in [-0.4, -0.2) is 80.8 Å². The third kappa shape index (κ3) is 9.82. The molecular formula is C17H32F3IN4O2. The summed E-state index contributed by atoms with van der Waals surface area (Å²) in [5, 5.41) is 3.27. The van der Waals surface area contributed by atoms with Crippen molar-refractivity contribution in [2.75, 3.05) is 46.9 Å². The molecule has 1 atom stereocenters. The van der Waals surface area contributed by atoms with Crippen molar-refractivity contribution in [1.82, 2.24) is 15.1 Å². The van der Waals surface area contributed by atoms with E-state index in [1.165, 1.54) is 18.9 Å². The van der Waals surface area contributed by atoms with Crippen molar-refractivity contribution in [3.8, 4) is 0 Å². The lowest BCUT2D eigenvalue weighted by molar-refractivity contribution is -0.181. The van der Waals surface area contributed by atoms with Gasteiger partial charge in [-0.25, -0.2) is 0 Å². The number of aliphatic imine (C=N–C) groups is 1. The number of nitrogens with one attached hydrogen (secondary N) is 1. The second-order valence-corrected chi connectivity index (χ2v) is 6.45. The van der Waals surface area contributed by atoms with Crippen LogP contribution >= 0.6 is 24.0 Å². The Morgan fingerprint density at radius 1 is 1.15 bits per heavy atom. The minimum atomic E-state index is -4.18. The summed E-state index contributed by atoms with van der Waals surface area (Å²) in [5.74, 6) is 0.557. The molecule has 1 rings (SSSR count). The number of carbonyl (C=O) groups excluding carboxylic acids is 1. The summed E-state index contributed by atoms with van der Waals surface area (Å²) in [5.41, 5.74) is 0. The maximum Gasteiger partial charge on any atom is 0.403 e. The Bertz CT molecular complexity index is 456. The number of alkyl halides is 3. The summed E-state index contributed by atoms with van der Waals surface area (Å²) in [6, 6.07) is -1.41. The van der Waals surface area contributed by atoms with Gasteiger partial charge in [-0.3, -0.25) is 14.7 Å². The van der Waals surface area contributed by atoms with Crippen LogP contribution in [0.15, 0.2) is 4.99 Å². The third-order valence-electron chi connectivity index (χ3n) is 4.67. The predicted octanol–water partition coefficient (Wildman–Crippen LogP) is 2.87. The van der Waals surface area contributed by atoms with Gasteiger partial charge < -0.3 is 15.0 Å². The average Bonchev–Trinajstić information content (AvgIpc) is 2.62. The quantitative estimate of drug-likeness (QED) is 0.180. The Morgan fingerprint density at radius 3 is 2.26 bits per heavy atom. The molecule has 1 aliphatic rings. The predicted molar refractivity (Wildman–Crippen MR) is 111 cm³/mol. The summed E-state index contributed by atoms with van der Waals surface area (Å²) >= 11 is 0. The highest BCUT2D eigenvalue weighted by Crippen LogP contribution is 2.25. The van der Waals surface area contributed by atoms with Gasteiger partial charge in [0, 0.05) is 46.2 Å². The number of hydrogen-bond acceptors (Lipinski definition) is 4. The number of methoxy groups -OCH3 is 1. The molecule has 0 spiro atoms. The largest absolute Gasteiger partial charge is 0.469 e. The summed E-state index contributed by atoms with van der Waals surface area (Å²) in [7, 11) is 3.07. The van der Waals surface area contributed by atoms with Crippen LogP contribution in [0.1, 0.15) is 39.0 Å². The van der Waals surface area contributed by atoms with Crippen molar-refractivity contribution in [3.63, 3.8) is 0 Å². The fourth-order valence-corrected chi connectivity index (χ4v) is 2.91. The van der Waals surface area contributed by atoms with E-state index >= 15 is 0 Å². The molecule has 27 heavy (non-hydrogen) atoms. The zero-order valence-corrected chi connectivity index (χ0v) is 18.7. The van der Waals surface area contributed by atoms with Crippen molar-refractivity contribution in [1.29, 1.82) is 0 Å². The summed E-state index contributed by atoms with van der Waals surface area (Å²) in [6.07, 6.45) is -0.00452. The monoisotopic (exact) mass is 508 g/mol. The molecule has 1 N–H and O–H groups in total. The second kappa shape index (κ2) is 13.4. The number of carbonyl (C=O) groups is 1. The van der Waals surface area contributed by atoms with Gasteiger partial charge in [-0.15, -0.1) is 24.0 Å². The smallest absolute Gasteiger partial charge is 0.403 e. The topological polar surface area (TPSA) is 57.2 Å². The number of halogens is 4. The fourth-order valence-electron chi connectivity index (χ4n) is 2.91. The first kappa shape index (κ1) is 26.2. The lowest BCUT2D eigenvalue weighted by Gasteiger charge is -2.39. The molecule has 0 aromatic heterocycles. The Morgan fingerprint density at radius 2 is 1.74 bits per heavy atom. The number of nitrogens with zero attached hydrogens (tertiary/aromatic N) is 3. The van der Waals surface area contributed by atoms with E-state index in [1.807, 2.05) is 4.90 Å². The fraction of sp³-hybridized carbons (Fsp3) is 0.882. The van der Waals surface area contributed by atoms with E-state index < -0.39 is 12.2 Å². The maximum absolute atomic E-state index is 12.8. The average molecular weight is 508 g/mol. The van der Waals surface area contributed by atoms with E-state index in [9.17, 15) is 18.0 Å². The molecule has 0 amide bonds. The van der Waals surface area contributed by atoms with Crippen molar-refractivity contribution < 1.29 is 22.7 Å². The molecule has 1 saturated heterocycles. The number of guanidine groups is 1. The first-order valence-electron chi connectivity index (χ1n) is 9.12. The Balaban J connectivity index is 0.00000676. The van der Waals surface area contributed by atoms with Crippen molar-refractivity contribution in [3.05, 3.63) is 0 Å². The van der Waals surface area contributed by atoms with Gasteiger partial charge in [0.25, 0.3) is 0 Å². The SMILES string of the molecule is CN=C(NCCCCCCC(=O)OC)N1CCN(C(C)C(F)(F)F)CC1.I. The molecule has 0 radical (unpaired) electrons. The second-order valence-electron chi connectivity index (χ2n) is 6.45. The Labute approximate surface area is 176 Å². The van der Waals surface area contributed by atoms with E-state index in [-0.39, 0.29) is 29.9 Å². The van der Waals surface area contributed by atoms with E-state index in [0.29, 0.717) is 32.6 Å². The molecule has 1 aliphatic heterocycles. The van der Waals surface area contributed by atoms with Gasteiger partial charge >= 0.3 is 12.1 Å². The van der Waals surface area contributed by atoms with E-state index in [0.717, 1.165) is 38.2 Å². The summed E-state index contributed by atoms with van der Waals surface area (Å²) in [6.45, 7) is 3.76. The van der Waals surface area contributed by atoms with E-state index in [1.54, 1.807) is 7.05 Å². The van der Waals surface area contributed by atoms with Crippen LogP contribution in [0.4, 0.5) is 13.2 Å². The Kier molecular flexibility index (Phi) is 13.0. The number of ether oxygens (including phenoxy) is 1. The summed E-state index contributed by atoms with van der Waals surface area (Å²) in [4.78, 5) is 18.7. The molecule has 0 aromatic carbocycles. The van der Waals surface area contributed by atoms with Gasteiger partial charge in [-0.1, -0.05) is 12.8 Å². The van der Waals surface area contributed by atoms with Crippen LogP contribution in [0.25, 0.3) is 0 Å². The van der Waals surface area contributed by atoms with Gasteiger partial charge in [0.15, 0.2) is 5.96 Å². The zero-order valence-electron chi connectivity index (χ0n) is 16.3. The number of rotatable bonds is 8. The molecule has 160 valence electrons. The molecule has 0 aliphatic carbocycles. The van der Waals surface area contributed by atoms with Crippen molar-refractivity contribution in [2.24, 2.45) is 4.99 Å². The van der Waals surface area contributed by atoms with E-state index in [2.05, 4.69) is 15.0 Å². The minimum Gasteiger partial charge on any atom is -0.469 e. The molecular weight excluding hydrogens is 476 g/mol. The Hall–Kier alpha value is -0.780. The highest BCUT2D eigenvalue weighted by molar-refractivity contribution is 14.0. The molecule has 1 unspecified atom stereocenters. The van der Waals surface area contributed by atoms with Crippen molar-refractivity contribution >= 4 is 35.9 Å². The van der Waals surface area contributed by atoms with Gasteiger partial charge in [0.1, 0.15) is 6.04 Å². The first-order valence-corrected chi connectivity index (χ1v) is 9.12. The summed E-state index contributed by atoms with van der Waals surface area (Å²) < 4.78 is 43.0. The first-order chi connectivity index (χ1) is 12.3. The molecule has 0 saturated carbocycles. The van der Waals surface area contributed by atoms with Gasteiger partial charge in [-0.2, -0.15) is 13.2 Å². The van der Waals surface area contributed by atoms with Crippen LogP contribution in [0.5, 0.6) is 0 Å². The number of esters is 1. The molecule has 0 bridgehead atoms. The van der Waals surface area contributed by atoms with Crippen LogP contribution in [-0.2, 0) is 9.53 Å². The maximum atomic E-state index is 12.8. The third-order valence-corrected chi connectivity index (χ3v) is 4.67. The lowest BCUT2D eigenvalue weighted by atomic mass is 10.1. The normalized spacial score (nSPS) is 17.3. The van der Waals surface area contributed by atoms with Crippen LogP contribution in [0, 0.1) is 0 Å². The molecule has 6 nitrogen and oxygen atoms in total. The lowest BCUT2D eigenvalue weighted by Crippen LogP contribution is -2.56. The molecule has 1 heterocycles. The molecule has 1 fully saturated rings. The van der Waals surface area contributed by atoms with Crippen LogP contribution < -0.4 is 5.32 Å². The zero-order chi connectivity index (χ0) is 19.6. The van der Waals surface area contributed by atoms with Crippen LogP contribution in [0.3, 0.4) is 0 Å². The number of unbranched alkanes of at least 4 members (excludes halogenated alkanes) is 3. The minimum absolute atomic E-state index is 0. The number of hydrogen-bond donors (Lipinski definition) is 1. The van der Waals surface area contributed by atoms with Crippen LogP contribution in [0.2, 0.25) is 0 Å². The molecule has 10 heteroatoms. The van der Waals surface area contributed by atoms with Gasteiger partial charge in [-0.05, 0) is 19.8 Å². The highest BCUT2D eigenvalue weighted by Gasteiger charge is 2.41. The van der Waals surface area contributed by atoms with Crippen molar-refractivity contribution in [2.45, 2.75) is 51.2 Å².